The average Bonchev–Trinajstić information content (AvgIpc) is 2.59. The number of nitrogens with two attached hydrogens (primary N) is 1. The molecule has 0 atom stereocenters. The van der Waals surface area contributed by atoms with Crippen molar-refractivity contribution in [2.75, 3.05) is 5.73 Å². The molecule has 0 amide bonds. The third-order valence-electron chi connectivity index (χ3n) is 2.61. The van der Waals surface area contributed by atoms with Crippen LogP contribution in [-0.2, 0) is 12.8 Å². The van der Waals surface area contributed by atoms with Crippen molar-refractivity contribution in [1.82, 2.24) is 9.97 Å². The minimum absolute atomic E-state index is 0.618. The summed E-state index contributed by atoms with van der Waals surface area (Å²) in [5, 5.41) is 0. The summed E-state index contributed by atoms with van der Waals surface area (Å²) in [7, 11) is 0. The van der Waals surface area contributed by atoms with Crippen molar-refractivity contribution in [2.24, 2.45) is 0 Å². The summed E-state index contributed by atoms with van der Waals surface area (Å²) in [5.41, 5.74) is 9.15. The molecule has 76 valence electrons. The number of thiophene rings is 1. The Morgan fingerprint density at radius 2 is 2.20 bits per heavy atom. The molecule has 0 radical (unpaired) electrons. The number of aryl methyl sites for hydroxylation is 1. The largest absolute Gasteiger partial charge is 0.383 e. The molecule has 15 heavy (non-hydrogen) atoms. The summed E-state index contributed by atoms with van der Waals surface area (Å²) in [6.07, 6.45) is 3.52. The Hall–Kier alpha value is -0.940. The van der Waals surface area contributed by atoms with Crippen molar-refractivity contribution >= 4 is 33.1 Å². The van der Waals surface area contributed by atoms with Crippen molar-refractivity contribution in [3.8, 4) is 11.3 Å². The van der Waals surface area contributed by atoms with Gasteiger partial charge in [-0.1, -0.05) is 0 Å². The summed E-state index contributed by atoms with van der Waals surface area (Å²) in [6.45, 7) is 0. The number of aromatic nitrogens is 2. The van der Waals surface area contributed by atoms with Gasteiger partial charge in [0.1, 0.15) is 12.1 Å². The van der Waals surface area contributed by atoms with E-state index >= 15 is 0 Å². The fourth-order valence-electron chi connectivity index (χ4n) is 1.93. The first-order chi connectivity index (χ1) is 7.25. The maximum atomic E-state index is 5.85. The SMILES string of the molecule is Nc1ncnc2c1CCc1sc(Br)cc1-2. The maximum absolute atomic E-state index is 5.85. The third kappa shape index (κ3) is 1.38. The van der Waals surface area contributed by atoms with E-state index in [1.165, 1.54) is 16.8 Å². The van der Waals surface area contributed by atoms with Gasteiger partial charge >= 0.3 is 0 Å². The Morgan fingerprint density at radius 3 is 3.07 bits per heavy atom. The van der Waals surface area contributed by atoms with Gasteiger partial charge in [-0.15, -0.1) is 11.3 Å². The summed E-state index contributed by atoms with van der Waals surface area (Å²) in [6, 6.07) is 2.12. The molecule has 0 bridgehead atoms. The van der Waals surface area contributed by atoms with E-state index in [-0.39, 0.29) is 0 Å². The number of halogens is 1. The molecule has 2 aromatic rings. The molecule has 0 aromatic carbocycles. The number of hydrogen-bond acceptors (Lipinski definition) is 4. The minimum Gasteiger partial charge on any atom is -0.383 e. The van der Waals surface area contributed by atoms with Crippen LogP contribution < -0.4 is 5.73 Å². The van der Waals surface area contributed by atoms with Crippen molar-refractivity contribution < 1.29 is 0 Å². The van der Waals surface area contributed by atoms with Gasteiger partial charge in [-0.25, -0.2) is 9.97 Å². The Kier molecular flexibility index (Phi) is 2.03. The van der Waals surface area contributed by atoms with Crippen LogP contribution in [0.4, 0.5) is 5.82 Å². The molecule has 0 saturated carbocycles. The highest BCUT2D eigenvalue weighted by molar-refractivity contribution is 9.11. The molecule has 0 unspecified atom stereocenters. The van der Waals surface area contributed by atoms with E-state index in [0.29, 0.717) is 5.82 Å². The van der Waals surface area contributed by atoms with Crippen LogP contribution in [0, 0.1) is 0 Å². The van der Waals surface area contributed by atoms with E-state index in [4.69, 9.17) is 5.73 Å². The molecule has 2 heterocycles. The maximum Gasteiger partial charge on any atom is 0.130 e. The molecule has 0 saturated heterocycles. The van der Waals surface area contributed by atoms with E-state index in [9.17, 15) is 0 Å². The smallest absolute Gasteiger partial charge is 0.130 e. The van der Waals surface area contributed by atoms with E-state index in [2.05, 4.69) is 32.0 Å². The van der Waals surface area contributed by atoms with Crippen LogP contribution in [0.25, 0.3) is 11.3 Å². The Morgan fingerprint density at radius 1 is 1.33 bits per heavy atom. The number of hydrogen-bond donors (Lipinski definition) is 1. The quantitative estimate of drug-likeness (QED) is 0.808. The number of nitrogen functional groups attached to an aromatic ring is 1. The second kappa shape index (κ2) is 3.28. The topological polar surface area (TPSA) is 51.8 Å². The molecule has 0 spiro atoms. The molecule has 5 heteroatoms. The van der Waals surface area contributed by atoms with Gasteiger partial charge in [-0.2, -0.15) is 0 Å². The van der Waals surface area contributed by atoms with Crippen molar-refractivity contribution in [3.05, 3.63) is 26.6 Å². The summed E-state index contributed by atoms with van der Waals surface area (Å²) in [4.78, 5) is 9.74. The Balaban J connectivity index is 2.29. The van der Waals surface area contributed by atoms with Gasteiger partial charge < -0.3 is 5.73 Å². The predicted octanol–water partition coefficient (Wildman–Crippen LogP) is 2.65. The lowest BCUT2D eigenvalue weighted by Gasteiger charge is -2.15. The molecule has 1 aliphatic rings. The lowest BCUT2D eigenvalue weighted by Crippen LogP contribution is -2.08. The normalized spacial score (nSPS) is 13.4. The number of anilines is 1. The number of rotatable bonds is 0. The summed E-state index contributed by atoms with van der Waals surface area (Å²) >= 11 is 5.28. The molecular formula is C10H8BrN3S. The molecule has 1 aliphatic carbocycles. The van der Waals surface area contributed by atoms with Crippen LogP contribution in [-0.4, -0.2) is 9.97 Å². The van der Waals surface area contributed by atoms with Crippen LogP contribution in [0.1, 0.15) is 10.4 Å². The number of fused-ring (bicyclic) bond motifs is 3. The van der Waals surface area contributed by atoms with Crippen LogP contribution in [0.3, 0.4) is 0 Å². The summed E-state index contributed by atoms with van der Waals surface area (Å²) < 4.78 is 1.15. The van der Waals surface area contributed by atoms with E-state index in [1.807, 2.05) is 0 Å². The average molecular weight is 282 g/mol. The molecular weight excluding hydrogens is 274 g/mol. The van der Waals surface area contributed by atoms with Crippen LogP contribution in [0.2, 0.25) is 0 Å². The van der Waals surface area contributed by atoms with Gasteiger partial charge in [0, 0.05) is 16.0 Å². The zero-order chi connectivity index (χ0) is 10.4. The standard InChI is InChI=1S/C10H8BrN3S/c11-8-3-6-7(15-8)2-1-5-9(6)13-4-14-10(5)12/h3-4H,1-2H2,(H2,12,13,14). The van der Waals surface area contributed by atoms with E-state index in [1.54, 1.807) is 11.3 Å². The minimum atomic E-state index is 0.618. The zero-order valence-electron chi connectivity index (χ0n) is 7.83. The monoisotopic (exact) mass is 281 g/mol. The lowest BCUT2D eigenvalue weighted by atomic mass is 9.96. The second-order valence-corrected chi connectivity index (χ2v) is 5.99. The Bertz CT molecular complexity index is 535. The first-order valence-corrected chi connectivity index (χ1v) is 6.24. The van der Waals surface area contributed by atoms with Gasteiger partial charge in [0.15, 0.2) is 0 Å². The van der Waals surface area contributed by atoms with Crippen LogP contribution in [0.15, 0.2) is 16.2 Å². The van der Waals surface area contributed by atoms with Gasteiger partial charge in [-0.05, 0) is 34.8 Å². The van der Waals surface area contributed by atoms with Crippen molar-refractivity contribution in [2.45, 2.75) is 12.8 Å². The first-order valence-electron chi connectivity index (χ1n) is 4.63. The fraction of sp³-hybridized carbons (Fsp3) is 0.200. The van der Waals surface area contributed by atoms with E-state index < -0.39 is 0 Å². The van der Waals surface area contributed by atoms with Gasteiger partial charge in [-0.3, -0.25) is 0 Å². The molecule has 3 nitrogen and oxygen atoms in total. The van der Waals surface area contributed by atoms with Crippen molar-refractivity contribution in [1.29, 1.82) is 0 Å². The summed E-state index contributed by atoms with van der Waals surface area (Å²) in [5.74, 6) is 0.618. The van der Waals surface area contributed by atoms with Gasteiger partial charge in [0.25, 0.3) is 0 Å². The fourth-order valence-corrected chi connectivity index (χ4v) is 3.62. The molecule has 0 aliphatic heterocycles. The molecule has 0 fully saturated rings. The molecule has 3 rings (SSSR count). The predicted molar refractivity (Wildman–Crippen MR) is 64.9 cm³/mol. The van der Waals surface area contributed by atoms with Crippen LogP contribution in [0.5, 0.6) is 0 Å². The Labute approximate surface area is 99.5 Å². The zero-order valence-corrected chi connectivity index (χ0v) is 10.2. The lowest BCUT2D eigenvalue weighted by molar-refractivity contribution is 0.934. The molecule has 2 aromatic heterocycles. The highest BCUT2D eigenvalue weighted by atomic mass is 79.9. The highest BCUT2D eigenvalue weighted by Gasteiger charge is 2.21. The second-order valence-electron chi connectivity index (χ2n) is 3.47. The third-order valence-corrected chi connectivity index (χ3v) is 4.31. The van der Waals surface area contributed by atoms with Gasteiger partial charge in [0.2, 0.25) is 0 Å². The van der Waals surface area contributed by atoms with Crippen molar-refractivity contribution in [3.63, 3.8) is 0 Å². The number of nitrogens with zero attached hydrogens (tertiary/aromatic N) is 2. The molecule has 2 N–H and O–H groups in total. The highest BCUT2D eigenvalue weighted by Crippen LogP contribution is 2.40. The first kappa shape index (κ1) is 9.30. The van der Waals surface area contributed by atoms with E-state index in [0.717, 1.165) is 27.9 Å². The van der Waals surface area contributed by atoms with Gasteiger partial charge in [0.05, 0.1) is 9.48 Å². The van der Waals surface area contributed by atoms with Crippen LogP contribution >= 0.6 is 27.3 Å².